The summed E-state index contributed by atoms with van der Waals surface area (Å²) in [5, 5.41) is 20.4. The molecule has 0 aliphatic heterocycles. The van der Waals surface area contributed by atoms with E-state index in [4.69, 9.17) is 21.6 Å². The lowest BCUT2D eigenvalue weighted by molar-refractivity contribution is 0.423. The number of rotatable bonds is 1. The molecule has 0 aliphatic carbocycles. The molecule has 0 unspecified atom stereocenters. The average Bonchev–Trinajstić information content (AvgIpc) is 2.52. The number of hydrogen-bond donors (Lipinski definition) is 2. The van der Waals surface area contributed by atoms with Gasteiger partial charge in [0.2, 0.25) is 0 Å². The number of halogens is 2. The van der Waals surface area contributed by atoms with Gasteiger partial charge in [-0.15, -0.1) is 11.3 Å². The molecule has 2 rings (SSSR count). The van der Waals surface area contributed by atoms with Crippen LogP contribution in [0.15, 0.2) is 17.5 Å². The Balaban J connectivity index is 2.86. The summed E-state index contributed by atoms with van der Waals surface area (Å²) < 4.78 is 13.9. The van der Waals surface area contributed by atoms with Crippen molar-refractivity contribution in [3.8, 4) is 0 Å². The average molecular weight is 230 g/mol. The van der Waals surface area contributed by atoms with Gasteiger partial charge in [0.1, 0.15) is 5.82 Å². The highest BCUT2D eigenvalue weighted by atomic mass is 35.5. The second-order valence-corrected chi connectivity index (χ2v) is 4.12. The second kappa shape index (κ2) is 3.51. The fraction of sp³-hybridized carbons (Fsp3) is 0. The molecule has 0 atom stereocenters. The summed E-state index contributed by atoms with van der Waals surface area (Å²) in [7, 11) is -1.84. The minimum atomic E-state index is -1.84. The Morgan fingerprint density at radius 2 is 2.14 bits per heavy atom. The van der Waals surface area contributed by atoms with Gasteiger partial charge in [-0.3, -0.25) is 0 Å². The lowest BCUT2D eigenvalue weighted by atomic mass is 9.79. The number of thiophene rings is 1. The maximum Gasteiger partial charge on any atom is 0.492 e. The molecule has 0 bridgehead atoms. The molecule has 0 saturated carbocycles. The first kappa shape index (κ1) is 9.92. The molecular formula is C8H5BClFO2S. The van der Waals surface area contributed by atoms with Crippen molar-refractivity contribution in [2.24, 2.45) is 0 Å². The SMILES string of the molecule is OB(O)c1c(F)c(Cl)cc2ccsc12. The molecule has 0 spiro atoms. The Morgan fingerprint density at radius 3 is 2.79 bits per heavy atom. The first-order chi connectivity index (χ1) is 6.61. The molecule has 1 heterocycles. The third-order valence-corrected chi connectivity index (χ3v) is 3.17. The molecule has 0 saturated heterocycles. The predicted octanol–water partition coefficient (Wildman–Crippen LogP) is 1.37. The zero-order chi connectivity index (χ0) is 10.3. The van der Waals surface area contributed by atoms with Crippen molar-refractivity contribution in [1.29, 1.82) is 0 Å². The minimum absolute atomic E-state index is 0.0981. The van der Waals surface area contributed by atoms with Gasteiger partial charge in [-0.1, -0.05) is 11.6 Å². The number of benzene rings is 1. The van der Waals surface area contributed by atoms with E-state index in [0.29, 0.717) is 10.1 Å². The van der Waals surface area contributed by atoms with Crippen molar-refractivity contribution >= 4 is 45.6 Å². The van der Waals surface area contributed by atoms with Gasteiger partial charge in [-0.2, -0.15) is 0 Å². The molecule has 0 fully saturated rings. The van der Waals surface area contributed by atoms with Crippen LogP contribution in [0.4, 0.5) is 4.39 Å². The van der Waals surface area contributed by atoms with Crippen LogP contribution in [0.25, 0.3) is 10.1 Å². The van der Waals surface area contributed by atoms with Gasteiger partial charge in [-0.25, -0.2) is 4.39 Å². The van der Waals surface area contributed by atoms with E-state index in [-0.39, 0.29) is 10.5 Å². The van der Waals surface area contributed by atoms with Crippen molar-refractivity contribution in [2.75, 3.05) is 0 Å². The Morgan fingerprint density at radius 1 is 1.43 bits per heavy atom. The fourth-order valence-electron chi connectivity index (χ4n) is 1.31. The van der Waals surface area contributed by atoms with Crippen molar-refractivity contribution in [2.45, 2.75) is 0 Å². The van der Waals surface area contributed by atoms with Gasteiger partial charge >= 0.3 is 7.12 Å². The highest BCUT2D eigenvalue weighted by Crippen LogP contribution is 2.25. The molecule has 6 heteroatoms. The maximum absolute atomic E-state index is 13.4. The zero-order valence-electron chi connectivity index (χ0n) is 6.87. The van der Waals surface area contributed by atoms with E-state index in [1.807, 2.05) is 0 Å². The quantitative estimate of drug-likeness (QED) is 0.727. The van der Waals surface area contributed by atoms with Crippen molar-refractivity contribution in [1.82, 2.24) is 0 Å². The summed E-state index contributed by atoms with van der Waals surface area (Å²) in [5.41, 5.74) is -0.150. The van der Waals surface area contributed by atoms with Crippen molar-refractivity contribution in [3.63, 3.8) is 0 Å². The van der Waals surface area contributed by atoms with Crippen LogP contribution < -0.4 is 5.46 Å². The molecule has 2 nitrogen and oxygen atoms in total. The molecule has 2 N–H and O–H groups in total. The van der Waals surface area contributed by atoms with Gasteiger partial charge in [0, 0.05) is 10.2 Å². The van der Waals surface area contributed by atoms with Crippen LogP contribution in [-0.4, -0.2) is 17.2 Å². The summed E-state index contributed by atoms with van der Waals surface area (Å²) in [6, 6.07) is 3.21. The lowest BCUT2D eigenvalue weighted by Gasteiger charge is -2.04. The van der Waals surface area contributed by atoms with E-state index < -0.39 is 12.9 Å². The normalized spacial score (nSPS) is 10.9. The third-order valence-electron chi connectivity index (χ3n) is 1.93. The molecular weight excluding hydrogens is 225 g/mol. The van der Waals surface area contributed by atoms with E-state index in [1.54, 1.807) is 11.4 Å². The van der Waals surface area contributed by atoms with Crippen LogP contribution in [0.3, 0.4) is 0 Å². The van der Waals surface area contributed by atoms with E-state index in [1.165, 1.54) is 17.4 Å². The van der Waals surface area contributed by atoms with Crippen LogP contribution in [0.1, 0.15) is 0 Å². The Hall–Kier alpha value is -0.615. The highest BCUT2D eigenvalue weighted by molar-refractivity contribution is 7.18. The Bertz CT molecular complexity index is 485. The largest absolute Gasteiger partial charge is 0.492 e. The zero-order valence-corrected chi connectivity index (χ0v) is 8.44. The summed E-state index contributed by atoms with van der Waals surface area (Å²) in [6.07, 6.45) is 0. The summed E-state index contributed by atoms with van der Waals surface area (Å²) >= 11 is 6.85. The molecule has 1 aromatic carbocycles. The van der Waals surface area contributed by atoms with Gasteiger partial charge < -0.3 is 10.0 Å². The van der Waals surface area contributed by atoms with Crippen molar-refractivity contribution in [3.05, 3.63) is 28.4 Å². The molecule has 72 valence electrons. The van der Waals surface area contributed by atoms with E-state index in [0.717, 1.165) is 0 Å². The van der Waals surface area contributed by atoms with Crippen LogP contribution in [0, 0.1) is 5.82 Å². The highest BCUT2D eigenvalue weighted by Gasteiger charge is 2.23. The summed E-state index contributed by atoms with van der Waals surface area (Å²) in [6.45, 7) is 0. The first-order valence-corrected chi connectivity index (χ1v) is 5.08. The fourth-order valence-corrected chi connectivity index (χ4v) is 2.47. The van der Waals surface area contributed by atoms with Gasteiger partial charge in [-0.05, 0) is 22.9 Å². The summed E-state index contributed by atoms with van der Waals surface area (Å²) in [4.78, 5) is 0. The van der Waals surface area contributed by atoms with Crippen LogP contribution >= 0.6 is 22.9 Å². The smallest absolute Gasteiger partial charge is 0.423 e. The number of fused-ring (bicyclic) bond motifs is 1. The monoisotopic (exact) mass is 230 g/mol. The van der Waals surface area contributed by atoms with E-state index >= 15 is 0 Å². The standard InChI is InChI=1S/C8H5BClFO2S/c10-5-3-4-1-2-14-8(4)6(7(5)11)9(12)13/h1-3,12-13H. The molecule has 0 radical (unpaired) electrons. The topological polar surface area (TPSA) is 40.5 Å². The van der Waals surface area contributed by atoms with Gasteiger partial charge in [0.15, 0.2) is 0 Å². The van der Waals surface area contributed by atoms with Crippen LogP contribution in [0.2, 0.25) is 5.02 Å². The second-order valence-electron chi connectivity index (χ2n) is 2.80. The van der Waals surface area contributed by atoms with Crippen LogP contribution in [-0.2, 0) is 0 Å². The predicted molar refractivity (Wildman–Crippen MR) is 56.6 cm³/mol. The summed E-state index contributed by atoms with van der Waals surface area (Å²) in [5.74, 6) is -0.767. The third kappa shape index (κ3) is 1.42. The van der Waals surface area contributed by atoms with E-state index in [2.05, 4.69) is 0 Å². The lowest BCUT2D eigenvalue weighted by Crippen LogP contribution is -2.33. The minimum Gasteiger partial charge on any atom is -0.423 e. The van der Waals surface area contributed by atoms with E-state index in [9.17, 15) is 4.39 Å². The molecule has 14 heavy (non-hydrogen) atoms. The van der Waals surface area contributed by atoms with Gasteiger partial charge in [0.05, 0.1) is 5.02 Å². The Kier molecular flexibility index (Phi) is 2.49. The van der Waals surface area contributed by atoms with Gasteiger partial charge in [0.25, 0.3) is 0 Å². The molecule has 0 aliphatic rings. The molecule has 2 aromatic rings. The van der Waals surface area contributed by atoms with Crippen LogP contribution in [0.5, 0.6) is 0 Å². The van der Waals surface area contributed by atoms with Crippen molar-refractivity contribution < 1.29 is 14.4 Å². The first-order valence-electron chi connectivity index (χ1n) is 3.82. The maximum atomic E-state index is 13.4. The number of hydrogen-bond acceptors (Lipinski definition) is 3. The molecule has 1 aromatic heterocycles. The Labute approximate surface area is 88.7 Å². The molecule has 0 amide bonds.